The summed E-state index contributed by atoms with van der Waals surface area (Å²) in [6.07, 6.45) is -8.15. The van der Waals surface area contributed by atoms with Crippen LogP contribution in [0.4, 0.5) is 0 Å². The van der Waals surface area contributed by atoms with Crippen molar-refractivity contribution in [1.82, 2.24) is 0 Å². The fourth-order valence-corrected chi connectivity index (χ4v) is 3.87. The number of fused-ring (bicyclic) bond motifs is 1. The predicted octanol–water partition coefficient (Wildman–Crippen LogP) is 0.398. The van der Waals surface area contributed by atoms with Crippen molar-refractivity contribution in [3.63, 3.8) is 0 Å². The highest BCUT2D eigenvalue weighted by atomic mass is 16.7. The summed E-state index contributed by atoms with van der Waals surface area (Å²) >= 11 is 0. The third-order valence-corrected chi connectivity index (χ3v) is 5.61. The first kappa shape index (κ1) is 21.5. The summed E-state index contributed by atoms with van der Waals surface area (Å²) in [5.41, 5.74) is 0.758. The SMILES string of the molecule is C[C@@H]1O[C@@H](O[C@H]2Cc3c(O)cc(O)cc3O[C@@H]2c2ccc(O)c(O)c2)[C@H](O)[C@H](O)[C@H]1O. The molecule has 2 heterocycles. The molecule has 0 amide bonds. The van der Waals surface area contributed by atoms with Crippen LogP contribution in [0.25, 0.3) is 0 Å². The highest BCUT2D eigenvalue weighted by Crippen LogP contribution is 2.44. The van der Waals surface area contributed by atoms with E-state index >= 15 is 0 Å². The molecule has 0 spiro atoms. The quantitative estimate of drug-likeness (QED) is 0.334. The Morgan fingerprint density at radius 3 is 2.32 bits per heavy atom. The van der Waals surface area contributed by atoms with Crippen LogP contribution in [0.5, 0.6) is 28.7 Å². The van der Waals surface area contributed by atoms with Crippen LogP contribution in [0.2, 0.25) is 0 Å². The lowest BCUT2D eigenvalue weighted by atomic mass is 9.93. The molecule has 10 heteroatoms. The van der Waals surface area contributed by atoms with E-state index in [4.69, 9.17) is 14.2 Å². The Labute approximate surface area is 177 Å². The van der Waals surface area contributed by atoms with Crippen LogP contribution in [0, 0.1) is 0 Å². The summed E-state index contributed by atoms with van der Waals surface area (Å²) in [7, 11) is 0. The number of rotatable bonds is 3. The minimum atomic E-state index is -1.55. The maximum absolute atomic E-state index is 10.3. The zero-order chi connectivity index (χ0) is 22.4. The third kappa shape index (κ3) is 3.95. The van der Waals surface area contributed by atoms with Crippen LogP contribution < -0.4 is 4.74 Å². The summed E-state index contributed by atoms with van der Waals surface area (Å²) in [6, 6.07) is 6.54. The molecule has 168 valence electrons. The molecular formula is C21H24O10. The second kappa shape index (κ2) is 8.06. The van der Waals surface area contributed by atoms with Crippen molar-refractivity contribution in [2.75, 3.05) is 0 Å². The lowest BCUT2D eigenvalue weighted by Crippen LogP contribution is -2.58. The Balaban J connectivity index is 1.69. The van der Waals surface area contributed by atoms with Crippen molar-refractivity contribution in [3.05, 3.63) is 41.5 Å². The van der Waals surface area contributed by atoms with Crippen LogP contribution >= 0.6 is 0 Å². The average Bonchev–Trinajstić information content (AvgIpc) is 2.72. The van der Waals surface area contributed by atoms with E-state index in [9.17, 15) is 35.7 Å². The molecule has 0 unspecified atom stereocenters. The van der Waals surface area contributed by atoms with E-state index in [0.717, 1.165) is 6.07 Å². The lowest BCUT2D eigenvalue weighted by Gasteiger charge is -2.42. The molecule has 0 aromatic heterocycles. The molecule has 1 saturated heterocycles. The van der Waals surface area contributed by atoms with Gasteiger partial charge in [0.05, 0.1) is 6.10 Å². The van der Waals surface area contributed by atoms with Gasteiger partial charge in [0, 0.05) is 24.1 Å². The van der Waals surface area contributed by atoms with Crippen molar-refractivity contribution < 1.29 is 50.0 Å². The molecule has 2 aromatic rings. The van der Waals surface area contributed by atoms with Gasteiger partial charge in [0.1, 0.15) is 41.7 Å². The molecule has 0 aliphatic carbocycles. The third-order valence-electron chi connectivity index (χ3n) is 5.61. The molecule has 0 bridgehead atoms. The van der Waals surface area contributed by atoms with Gasteiger partial charge in [0.2, 0.25) is 0 Å². The van der Waals surface area contributed by atoms with Gasteiger partial charge in [-0.2, -0.15) is 0 Å². The Kier molecular flexibility index (Phi) is 5.58. The van der Waals surface area contributed by atoms with Gasteiger partial charge in [-0.05, 0) is 24.6 Å². The van der Waals surface area contributed by atoms with E-state index in [2.05, 4.69) is 0 Å². The molecule has 1 fully saturated rings. The number of hydrogen-bond donors (Lipinski definition) is 7. The van der Waals surface area contributed by atoms with Crippen LogP contribution in [-0.4, -0.2) is 72.6 Å². The van der Waals surface area contributed by atoms with Gasteiger partial charge in [-0.15, -0.1) is 0 Å². The molecule has 2 aromatic carbocycles. The predicted molar refractivity (Wildman–Crippen MR) is 104 cm³/mol. The number of aliphatic hydroxyl groups is 3. The molecule has 31 heavy (non-hydrogen) atoms. The van der Waals surface area contributed by atoms with Crippen molar-refractivity contribution in [2.24, 2.45) is 0 Å². The minimum absolute atomic E-state index is 0.0767. The normalized spacial score (nSPS) is 32.8. The van der Waals surface area contributed by atoms with E-state index in [0.29, 0.717) is 11.1 Å². The molecule has 7 N–H and O–H groups in total. The lowest BCUT2D eigenvalue weighted by molar-refractivity contribution is -0.310. The van der Waals surface area contributed by atoms with Crippen LogP contribution in [-0.2, 0) is 15.9 Å². The Hall–Kier alpha value is -2.76. The molecule has 2 aliphatic heterocycles. The highest BCUT2D eigenvalue weighted by molar-refractivity contribution is 5.52. The molecule has 2 aliphatic rings. The zero-order valence-electron chi connectivity index (χ0n) is 16.5. The van der Waals surface area contributed by atoms with E-state index in [1.165, 1.54) is 31.2 Å². The molecule has 10 nitrogen and oxygen atoms in total. The molecule has 0 saturated carbocycles. The minimum Gasteiger partial charge on any atom is -0.508 e. The first-order valence-electron chi connectivity index (χ1n) is 9.74. The number of ether oxygens (including phenoxy) is 3. The second-order valence-corrected chi connectivity index (χ2v) is 7.79. The fourth-order valence-electron chi connectivity index (χ4n) is 3.87. The first-order chi connectivity index (χ1) is 14.7. The summed E-state index contributed by atoms with van der Waals surface area (Å²) in [6.45, 7) is 1.52. The Bertz CT molecular complexity index is 963. The van der Waals surface area contributed by atoms with Gasteiger partial charge in [-0.3, -0.25) is 0 Å². The van der Waals surface area contributed by atoms with Crippen LogP contribution in [0.3, 0.4) is 0 Å². The van der Waals surface area contributed by atoms with Crippen molar-refractivity contribution in [2.45, 2.75) is 56.3 Å². The van der Waals surface area contributed by atoms with Gasteiger partial charge in [-0.25, -0.2) is 0 Å². The van der Waals surface area contributed by atoms with Crippen LogP contribution in [0.1, 0.15) is 24.2 Å². The molecular weight excluding hydrogens is 412 g/mol. The number of phenols is 4. The van der Waals surface area contributed by atoms with Crippen molar-refractivity contribution in [1.29, 1.82) is 0 Å². The Morgan fingerprint density at radius 1 is 0.871 bits per heavy atom. The largest absolute Gasteiger partial charge is 0.508 e. The highest BCUT2D eigenvalue weighted by Gasteiger charge is 2.45. The van der Waals surface area contributed by atoms with Gasteiger partial charge < -0.3 is 50.0 Å². The maximum Gasteiger partial charge on any atom is 0.187 e. The van der Waals surface area contributed by atoms with Gasteiger partial charge >= 0.3 is 0 Å². The second-order valence-electron chi connectivity index (χ2n) is 7.79. The average molecular weight is 436 g/mol. The summed E-state index contributed by atoms with van der Waals surface area (Å²) in [4.78, 5) is 0. The zero-order valence-corrected chi connectivity index (χ0v) is 16.5. The number of aliphatic hydroxyl groups excluding tert-OH is 3. The summed E-state index contributed by atoms with van der Waals surface area (Å²) < 4.78 is 17.4. The van der Waals surface area contributed by atoms with E-state index < -0.39 is 42.9 Å². The van der Waals surface area contributed by atoms with Gasteiger partial charge in [0.15, 0.2) is 23.9 Å². The van der Waals surface area contributed by atoms with E-state index in [-0.39, 0.29) is 35.2 Å². The van der Waals surface area contributed by atoms with Crippen molar-refractivity contribution in [3.8, 4) is 28.7 Å². The summed E-state index contributed by atoms with van der Waals surface area (Å²) in [5.74, 6) is -0.941. The van der Waals surface area contributed by atoms with Gasteiger partial charge in [0.25, 0.3) is 0 Å². The monoisotopic (exact) mass is 436 g/mol. The molecule has 7 atom stereocenters. The molecule has 0 radical (unpaired) electrons. The standard InChI is InChI=1S/C21H24O10/c1-8-17(26)18(27)19(28)21(29-8)31-16-7-11-13(24)5-10(22)6-15(11)30-20(16)9-2-3-12(23)14(25)4-9/h2-6,8,16-28H,7H2,1H3/t8-,16-,17-,18+,19+,20+,21-/m0/s1. The summed E-state index contributed by atoms with van der Waals surface area (Å²) in [5, 5.41) is 69.9. The first-order valence-corrected chi connectivity index (χ1v) is 9.74. The number of phenolic OH excluding ortho intramolecular Hbond substituents is 4. The van der Waals surface area contributed by atoms with Gasteiger partial charge in [-0.1, -0.05) is 6.07 Å². The number of benzene rings is 2. The maximum atomic E-state index is 10.3. The van der Waals surface area contributed by atoms with E-state index in [1.807, 2.05) is 0 Å². The fraction of sp³-hybridized carbons (Fsp3) is 0.429. The topological polar surface area (TPSA) is 169 Å². The van der Waals surface area contributed by atoms with E-state index in [1.54, 1.807) is 0 Å². The van der Waals surface area contributed by atoms with Crippen LogP contribution in [0.15, 0.2) is 30.3 Å². The smallest absolute Gasteiger partial charge is 0.187 e. The van der Waals surface area contributed by atoms with Crippen molar-refractivity contribution >= 4 is 0 Å². The number of aromatic hydroxyl groups is 4. The number of hydrogen-bond acceptors (Lipinski definition) is 10. The Morgan fingerprint density at radius 2 is 1.61 bits per heavy atom. The molecule has 4 rings (SSSR count).